The zero-order valence-electron chi connectivity index (χ0n) is 29.2. The van der Waals surface area contributed by atoms with Gasteiger partial charge >= 0.3 is 23.9 Å². The summed E-state index contributed by atoms with van der Waals surface area (Å²) < 4.78 is 15.4. The summed E-state index contributed by atoms with van der Waals surface area (Å²) in [5.74, 6) is -3.39. The average Bonchev–Trinajstić information content (AvgIpc) is 3.66. The van der Waals surface area contributed by atoms with Crippen LogP contribution in [0.1, 0.15) is 66.7 Å². The van der Waals surface area contributed by atoms with Crippen LogP contribution in [0.3, 0.4) is 0 Å². The molecule has 0 aliphatic heterocycles. The van der Waals surface area contributed by atoms with E-state index in [1.807, 2.05) is 60.7 Å². The van der Waals surface area contributed by atoms with Crippen LogP contribution in [0.5, 0.6) is 0 Å². The van der Waals surface area contributed by atoms with E-state index >= 15 is 0 Å². The van der Waals surface area contributed by atoms with Gasteiger partial charge in [-0.05, 0) is 44.5 Å². The molecule has 274 valence electrons. The summed E-state index contributed by atoms with van der Waals surface area (Å²) in [6.45, 7) is 1.05. The molecule has 3 N–H and O–H groups in total. The minimum atomic E-state index is -1.13. The van der Waals surface area contributed by atoms with E-state index in [0.29, 0.717) is 0 Å². The highest BCUT2D eigenvalue weighted by Gasteiger charge is 2.30. The van der Waals surface area contributed by atoms with E-state index in [2.05, 4.69) is 51.8 Å². The van der Waals surface area contributed by atoms with Gasteiger partial charge in [0.15, 0.2) is 6.73 Å². The summed E-state index contributed by atoms with van der Waals surface area (Å²) in [7, 11) is 0. The van der Waals surface area contributed by atoms with Crippen molar-refractivity contribution >= 4 is 35.7 Å². The van der Waals surface area contributed by atoms with Gasteiger partial charge in [-0.1, -0.05) is 97.1 Å². The Labute approximate surface area is 306 Å². The van der Waals surface area contributed by atoms with E-state index < -0.39 is 36.3 Å². The second-order valence-corrected chi connectivity index (χ2v) is 12.4. The maximum Gasteiger partial charge on any atom is 0.322 e. The number of hydrogen-bond acceptors (Lipinski definition) is 9. The average molecular weight is 721 g/mol. The molecule has 53 heavy (non-hydrogen) atoms. The maximum atomic E-state index is 12.0. The topological polar surface area (TPSA) is 174 Å². The fraction of sp³-hybridized carbons (Fsp3) is 0.268. The van der Waals surface area contributed by atoms with E-state index in [-0.39, 0.29) is 63.4 Å². The molecule has 0 unspecified atom stereocenters. The third kappa shape index (κ3) is 10.2. The van der Waals surface area contributed by atoms with Gasteiger partial charge in [0, 0.05) is 31.6 Å². The maximum absolute atomic E-state index is 12.0. The summed E-state index contributed by atoms with van der Waals surface area (Å²) in [5, 5.41) is 13.1. The molecular formula is C41H40N2O10. The highest BCUT2D eigenvalue weighted by atomic mass is 16.5. The lowest BCUT2D eigenvalue weighted by molar-refractivity contribution is -0.146. The summed E-state index contributed by atoms with van der Waals surface area (Å²) >= 11 is 0. The Morgan fingerprint density at radius 1 is 0.528 bits per heavy atom. The van der Waals surface area contributed by atoms with Gasteiger partial charge in [0.25, 0.3) is 0 Å². The zero-order chi connectivity index (χ0) is 37.7. The van der Waals surface area contributed by atoms with Crippen molar-refractivity contribution in [2.45, 2.75) is 44.4 Å². The number of carbonyl (C=O) groups excluding carboxylic acids is 5. The van der Waals surface area contributed by atoms with E-state index in [1.165, 1.54) is 18.1 Å². The molecule has 0 saturated heterocycles. The predicted molar refractivity (Wildman–Crippen MR) is 193 cm³/mol. The molecule has 0 bridgehead atoms. The van der Waals surface area contributed by atoms with E-state index in [4.69, 9.17) is 14.6 Å². The van der Waals surface area contributed by atoms with Crippen LogP contribution in [0.15, 0.2) is 97.1 Å². The minimum absolute atomic E-state index is 0.000793. The van der Waals surface area contributed by atoms with Crippen molar-refractivity contribution in [2.24, 2.45) is 0 Å². The standard InChI is InChI=1S/C21H21NO5.C20H19NO5/c1-14(23)27-13-22-20(24)10-11-21(25)26-12-19-17-8-4-2-6-15(17)16-7-3-5-9-18(16)19;22-18(21-11-19(23)24)9-10-20(25)26-12-17-15-7-3-1-5-13(15)14-6-2-4-8-16(14)17/h2-9,19H,10-13H2,1H3,(H,22,24);1-8,17H,9-12H2,(H,21,22)(H,23,24). The molecule has 0 spiro atoms. The Kier molecular flexibility index (Phi) is 13.1. The summed E-state index contributed by atoms with van der Waals surface area (Å²) in [6, 6.07) is 32.3. The van der Waals surface area contributed by atoms with Crippen LogP contribution in [0, 0.1) is 0 Å². The van der Waals surface area contributed by atoms with E-state index in [1.54, 1.807) is 0 Å². The first-order valence-corrected chi connectivity index (χ1v) is 17.2. The molecule has 0 saturated carbocycles. The fourth-order valence-corrected chi connectivity index (χ4v) is 6.38. The quantitative estimate of drug-likeness (QED) is 0.0905. The fourth-order valence-electron chi connectivity index (χ4n) is 6.38. The van der Waals surface area contributed by atoms with Gasteiger partial charge in [-0.2, -0.15) is 0 Å². The first kappa shape index (κ1) is 37.9. The SMILES string of the molecule is CC(=O)OCNC(=O)CCC(=O)OCC1c2ccccc2-c2ccccc21.O=C(O)CNC(=O)CCC(=O)OCC1c2ccccc2-c2ccccc21. The molecule has 12 nitrogen and oxygen atoms in total. The Balaban J connectivity index is 0.000000204. The van der Waals surface area contributed by atoms with Crippen molar-refractivity contribution in [1.82, 2.24) is 10.6 Å². The number of amides is 2. The lowest BCUT2D eigenvalue weighted by Crippen LogP contribution is -2.29. The highest BCUT2D eigenvalue weighted by molar-refractivity contribution is 5.85. The number of nitrogens with one attached hydrogen (secondary N) is 2. The lowest BCUT2D eigenvalue weighted by Gasteiger charge is -2.14. The van der Waals surface area contributed by atoms with E-state index in [9.17, 15) is 28.8 Å². The van der Waals surface area contributed by atoms with Gasteiger partial charge in [-0.25, -0.2) is 0 Å². The Morgan fingerprint density at radius 2 is 0.887 bits per heavy atom. The van der Waals surface area contributed by atoms with Crippen LogP contribution < -0.4 is 10.6 Å². The number of rotatable bonds is 14. The molecule has 0 aromatic heterocycles. The Morgan fingerprint density at radius 3 is 1.25 bits per heavy atom. The van der Waals surface area contributed by atoms with Gasteiger partial charge < -0.3 is 30.0 Å². The normalized spacial score (nSPS) is 12.1. The Bertz CT molecular complexity index is 1900. The zero-order valence-corrected chi connectivity index (χ0v) is 29.2. The largest absolute Gasteiger partial charge is 0.480 e. The summed E-state index contributed by atoms with van der Waals surface area (Å²) in [4.78, 5) is 68.1. The van der Waals surface area contributed by atoms with Crippen molar-refractivity contribution in [3.05, 3.63) is 119 Å². The second kappa shape index (κ2) is 18.3. The molecule has 0 fully saturated rings. The molecular weight excluding hydrogens is 680 g/mol. The van der Waals surface area contributed by atoms with Crippen molar-refractivity contribution in [3.8, 4) is 22.3 Å². The molecule has 2 aliphatic rings. The molecule has 2 aliphatic carbocycles. The second-order valence-electron chi connectivity index (χ2n) is 12.4. The molecule has 6 rings (SSSR count). The van der Waals surface area contributed by atoms with Crippen molar-refractivity contribution in [2.75, 3.05) is 26.5 Å². The Hall–Kier alpha value is -6.30. The lowest BCUT2D eigenvalue weighted by atomic mass is 9.98. The first-order valence-electron chi connectivity index (χ1n) is 17.2. The van der Waals surface area contributed by atoms with Crippen LogP contribution in [-0.2, 0) is 43.0 Å². The van der Waals surface area contributed by atoms with Gasteiger partial charge in [0.2, 0.25) is 11.8 Å². The molecule has 12 heteroatoms. The predicted octanol–water partition coefficient (Wildman–Crippen LogP) is 5.08. The number of carboxylic acids is 1. The van der Waals surface area contributed by atoms with Crippen LogP contribution in [-0.4, -0.2) is 67.3 Å². The number of ether oxygens (including phenoxy) is 3. The number of hydrogen-bond donors (Lipinski definition) is 3. The molecule has 0 heterocycles. The van der Waals surface area contributed by atoms with Crippen molar-refractivity contribution in [1.29, 1.82) is 0 Å². The number of fused-ring (bicyclic) bond motifs is 6. The minimum Gasteiger partial charge on any atom is -0.480 e. The number of carboxylic acid groups (broad SMARTS) is 1. The van der Waals surface area contributed by atoms with Crippen LogP contribution >= 0.6 is 0 Å². The molecule has 4 aromatic rings. The number of carbonyl (C=O) groups is 6. The van der Waals surface area contributed by atoms with Gasteiger partial charge in [0.1, 0.15) is 19.8 Å². The van der Waals surface area contributed by atoms with Gasteiger partial charge in [0.05, 0.1) is 12.8 Å². The van der Waals surface area contributed by atoms with Crippen LogP contribution in [0.25, 0.3) is 22.3 Å². The third-order valence-corrected chi connectivity index (χ3v) is 8.84. The van der Waals surface area contributed by atoms with Crippen molar-refractivity contribution < 1.29 is 48.1 Å². The highest BCUT2D eigenvalue weighted by Crippen LogP contribution is 2.45. The van der Waals surface area contributed by atoms with Gasteiger partial charge in [-0.15, -0.1) is 0 Å². The smallest absolute Gasteiger partial charge is 0.322 e. The monoisotopic (exact) mass is 720 g/mol. The number of aliphatic carboxylic acids is 1. The number of benzene rings is 4. The van der Waals surface area contributed by atoms with Crippen LogP contribution in [0.4, 0.5) is 0 Å². The summed E-state index contributed by atoms with van der Waals surface area (Å²) in [6.07, 6.45) is -0.217. The molecule has 0 radical (unpaired) electrons. The van der Waals surface area contributed by atoms with Crippen molar-refractivity contribution in [3.63, 3.8) is 0 Å². The summed E-state index contributed by atoms with van der Waals surface area (Å²) in [5.41, 5.74) is 9.17. The molecule has 2 amide bonds. The van der Waals surface area contributed by atoms with Gasteiger partial charge in [-0.3, -0.25) is 28.8 Å². The molecule has 0 atom stereocenters. The third-order valence-electron chi connectivity index (χ3n) is 8.84. The first-order chi connectivity index (χ1) is 25.6. The molecule has 4 aromatic carbocycles. The number of esters is 3. The van der Waals surface area contributed by atoms with E-state index in [0.717, 1.165) is 33.4 Å². The van der Waals surface area contributed by atoms with Crippen LogP contribution in [0.2, 0.25) is 0 Å².